The molecular weight excluding hydrogens is 456 g/mol. The second kappa shape index (κ2) is 9.29. The van der Waals surface area contributed by atoms with Crippen molar-refractivity contribution < 1.29 is 14.3 Å². The maximum absolute atomic E-state index is 13.2. The van der Waals surface area contributed by atoms with Gasteiger partial charge in [-0.2, -0.15) is 0 Å². The summed E-state index contributed by atoms with van der Waals surface area (Å²) >= 11 is 2.87. The zero-order valence-electron chi connectivity index (χ0n) is 17.8. The molecule has 2 aromatic carbocycles. The summed E-state index contributed by atoms with van der Waals surface area (Å²) in [6.07, 6.45) is 2.78. The third kappa shape index (κ3) is 4.46. The average Bonchev–Trinajstić information content (AvgIpc) is 3.50. The van der Waals surface area contributed by atoms with Gasteiger partial charge in [-0.05, 0) is 48.6 Å². The van der Waals surface area contributed by atoms with Crippen molar-refractivity contribution in [3.63, 3.8) is 0 Å². The summed E-state index contributed by atoms with van der Waals surface area (Å²) in [5.41, 5.74) is 5.17. The van der Waals surface area contributed by atoms with E-state index >= 15 is 0 Å². The van der Waals surface area contributed by atoms with Gasteiger partial charge in [-0.3, -0.25) is 15.1 Å². The molecule has 0 spiro atoms. The van der Waals surface area contributed by atoms with Gasteiger partial charge in [-0.25, -0.2) is 4.79 Å². The number of rotatable bonds is 6. The van der Waals surface area contributed by atoms with E-state index in [1.54, 1.807) is 12.1 Å². The minimum absolute atomic E-state index is 0.169. The second-order valence-corrected chi connectivity index (χ2v) is 9.79. The van der Waals surface area contributed by atoms with E-state index in [-0.39, 0.29) is 11.9 Å². The fourth-order valence-electron chi connectivity index (χ4n) is 3.95. The zero-order valence-corrected chi connectivity index (χ0v) is 19.5. The minimum atomic E-state index is -0.355. The third-order valence-electron chi connectivity index (χ3n) is 5.51. The number of nitrogens with one attached hydrogen (secondary N) is 1. The van der Waals surface area contributed by atoms with E-state index in [2.05, 4.69) is 15.5 Å². The molecule has 1 aliphatic rings. The van der Waals surface area contributed by atoms with Crippen LogP contribution in [0.1, 0.15) is 44.0 Å². The Kier molecular flexibility index (Phi) is 6.06. The quantitative estimate of drug-likeness (QED) is 0.240. The van der Waals surface area contributed by atoms with Gasteiger partial charge in [-0.15, -0.1) is 10.2 Å². The molecule has 0 unspecified atom stereocenters. The number of carbonyl (C=O) groups is 2. The number of esters is 1. The molecule has 5 rings (SSSR count). The zero-order chi connectivity index (χ0) is 22.8. The van der Waals surface area contributed by atoms with Crippen LogP contribution in [0.4, 0.5) is 5.13 Å². The summed E-state index contributed by atoms with van der Waals surface area (Å²) in [5, 5.41) is 12.6. The highest BCUT2D eigenvalue weighted by Crippen LogP contribution is 2.32. The Hall–Kier alpha value is -3.30. The fourth-order valence-corrected chi connectivity index (χ4v) is 5.65. The molecule has 0 saturated heterocycles. The Morgan fingerprint density at radius 3 is 2.73 bits per heavy atom. The van der Waals surface area contributed by atoms with E-state index < -0.39 is 0 Å². The van der Waals surface area contributed by atoms with Crippen LogP contribution in [-0.4, -0.2) is 34.2 Å². The van der Waals surface area contributed by atoms with Gasteiger partial charge in [0.1, 0.15) is 0 Å². The highest BCUT2D eigenvalue weighted by Gasteiger charge is 2.24. The number of carbonyl (C=O) groups excluding carboxylic acids is 2. The molecule has 1 aliphatic carbocycles. The van der Waals surface area contributed by atoms with Crippen LogP contribution in [-0.2, 0) is 23.3 Å². The van der Waals surface area contributed by atoms with Crippen LogP contribution in [0.3, 0.4) is 0 Å². The SMILES string of the molecule is COC(=O)c1ccc(CSc2nnc(NC(=O)c3c4c(nc5ccccc35)CCC4)s2)cc1. The highest BCUT2D eigenvalue weighted by molar-refractivity contribution is 8.00. The largest absolute Gasteiger partial charge is 0.465 e. The molecule has 7 nitrogen and oxygen atoms in total. The predicted octanol–water partition coefficient (Wildman–Crippen LogP) is 4.91. The van der Waals surface area contributed by atoms with Crippen LogP contribution in [0, 0.1) is 0 Å². The molecule has 1 amide bonds. The number of hydrogen-bond acceptors (Lipinski definition) is 8. The molecule has 0 bridgehead atoms. The molecule has 0 aliphatic heterocycles. The molecule has 2 heterocycles. The van der Waals surface area contributed by atoms with Crippen molar-refractivity contribution in [2.24, 2.45) is 0 Å². The summed E-state index contributed by atoms with van der Waals surface area (Å²) < 4.78 is 5.48. The van der Waals surface area contributed by atoms with Crippen LogP contribution in [0.2, 0.25) is 0 Å². The number of anilines is 1. The topological polar surface area (TPSA) is 94.1 Å². The number of aromatic nitrogens is 3. The van der Waals surface area contributed by atoms with Crippen molar-refractivity contribution in [2.45, 2.75) is 29.4 Å². The molecule has 2 aromatic heterocycles. The first kappa shape index (κ1) is 21.5. The minimum Gasteiger partial charge on any atom is -0.465 e. The van der Waals surface area contributed by atoms with Gasteiger partial charge < -0.3 is 4.74 Å². The Morgan fingerprint density at radius 1 is 1.09 bits per heavy atom. The summed E-state index contributed by atoms with van der Waals surface area (Å²) in [7, 11) is 1.36. The number of amides is 1. The fraction of sp³-hybridized carbons (Fsp3) is 0.208. The second-order valence-electron chi connectivity index (χ2n) is 7.59. The summed E-state index contributed by atoms with van der Waals surface area (Å²) in [6.45, 7) is 0. The summed E-state index contributed by atoms with van der Waals surface area (Å²) in [4.78, 5) is 29.5. The normalized spacial score (nSPS) is 12.5. The summed E-state index contributed by atoms with van der Waals surface area (Å²) in [6, 6.07) is 15.0. The Labute approximate surface area is 198 Å². The third-order valence-corrected chi connectivity index (χ3v) is 7.55. The molecular formula is C24H20N4O3S2. The molecule has 1 N–H and O–H groups in total. The van der Waals surface area contributed by atoms with Crippen molar-refractivity contribution >= 4 is 51.0 Å². The molecule has 0 saturated carbocycles. The number of nitrogens with zero attached hydrogens (tertiary/aromatic N) is 3. The lowest BCUT2D eigenvalue weighted by Crippen LogP contribution is -2.15. The molecule has 0 atom stereocenters. The maximum Gasteiger partial charge on any atom is 0.337 e. The molecule has 33 heavy (non-hydrogen) atoms. The van der Waals surface area contributed by atoms with E-state index in [4.69, 9.17) is 9.72 Å². The smallest absolute Gasteiger partial charge is 0.337 e. The number of pyridine rings is 1. The van der Waals surface area contributed by atoms with Crippen molar-refractivity contribution in [3.05, 3.63) is 76.5 Å². The van der Waals surface area contributed by atoms with Crippen LogP contribution in [0.15, 0.2) is 52.9 Å². The van der Waals surface area contributed by atoms with Gasteiger partial charge in [0.05, 0.1) is 23.8 Å². The van der Waals surface area contributed by atoms with Crippen molar-refractivity contribution in [1.29, 1.82) is 0 Å². The number of hydrogen-bond donors (Lipinski definition) is 1. The van der Waals surface area contributed by atoms with Crippen LogP contribution < -0.4 is 5.32 Å². The standard InChI is InChI=1S/C24H20N4O3S2/c1-31-22(30)15-11-9-14(10-12-15)13-32-24-28-27-23(33-24)26-21(29)20-16-5-2-3-7-18(16)25-19-8-4-6-17(19)20/h2-3,5,7,9-12H,4,6,8,13H2,1H3,(H,26,27,29). The van der Waals surface area contributed by atoms with Gasteiger partial charge in [0, 0.05) is 16.8 Å². The van der Waals surface area contributed by atoms with Gasteiger partial charge >= 0.3 is 5.97 Å². The Balaban J connectivity index is 1.29. The van der Waals surface area contributed by atoms with Gasteiger partial charge in [-0.1, -0.05) is 53.4 Å². The first-order valence-corrected chi connectivity index (χ1v) is 12.3. The van der Waals surface area contributed by atoms with E-state index in [0.717, 1.165) is 51.3 Å². The number of fused-ring (bicyclic) bond motifs is 2. The van der Waals surface area contributed by atoms with E-state index in [1.165, 1.54) is 30.2 Å². The first-order valence-electron chi connectivity index (χ1n) is 10.5. The number of benzene rings is 2. The highest BCUT2D eigenvalue weighted by atomic mass is 32.2. The predicted molar refractivity (Wildman–Crippen MR) is 129 cm³/mol. The van der Waals surface area contributed by atoms with E-state index in [0.29, 0.717) is 22.0 Å². The lowest BCUT2D eigenvalue weighted by atomic mass is 10.0. The molecule has 0 fully saturated rings. The lowest BCUT2D eigenvalue weighted by Gasteiger charge is -2.11. The molecule has 166 valence electrons. The number of thioether (sulfide) groups is 1. The Bertz CT molecular complexity index is 1350. The van der Waals surface area contributed by atoms with Gasteiger partial charge in [0.2, 0.25) is 5.13 Å². The van der Waals surface area contributed by atoms with E-state index in [9.17, 15) is 9.59 Å². The van der Waals surface area contributed by atoms with Crippen LogP contribution >= 0.6 is 23.1 Å². The van der Waals surface area contributed by atoms with Crippen molar-refractivity contribution in [1.82, 2.24) is 15.2 Å². The molecule has 9 heteroatoms. The molecule has 0 radical (unpaired) electrons. The van der Waals surface area contributed by atoms with Crippen LogP contribution in [0.25, 0.3) is 10.9 Å². The van der Waals surface area contributed by atoms with Crippen molar-refractivity contribution in [2.75, 3.05) is 12.4 Å². The maximum atomic E-state index is 13.2. The van der Waals surface area contributed by atoms with Crippen molar-refractivity contribution in [3.8, 4) is 0 Å². The average molecular weight is 477 g/mol. The number of ether oxygens (including phenoxy) is 1. The monoisotopic (exact) mass is 476 g/mol. The number of aryl methyl sites for hydroxylation is 1. The number of methoxy groups -OCH3 is 1. The van der Waals surface area contributed by atoms with Gasteiger partial charge in [0.15, 0.2) is 4.34 Å². The van der Waals surface area contributed by atoms with Crippen LogP contribution in [0.5, 0.6) is 0 Å². The first-order chi connectivity index (χ1) is 16.1. The lowest BCUT2D eigenvalue weighted by molar-refractivity contribution is 0.0600. The number of para-hydroxylation sites is 1. The van der Waals surface area contributed by atoms with E-state index in [1.807, 2.05) is 36.4 Å². The Morgan fingerprint density at radius 2 is 1.91 bits per heavy atom. The summed E-state index contributed by atoms with van der Waals surface area (Å²) in [5.74, 6) is 0.149. The molecule has 4 aromatic rings. The van der Waals surface area contributed by atoms with Gasteiger partial charge in [0.25, 0.3) is 5.91 Å².